The molecule has 1 aromatic carbocycles. The number of aliphatic hydroxyl groups excluding tert-OH is 1. The van der Waals surface area contributed by atoms with Gasteiger partial charge < -0.3 is 9.84 Å². The van der Waals surface area contributed by atoms with Crippen molar-refractivity contribution in [2.24, 2.45) is 0 Å². The first-order valence-electron chi connectivity index (χ1n) is 6.41. The monoisotopic (exact) mass is 344 g/mol. The highest BCUT2D eigenvalue weighted by molar-refractivity contribution is 8.23. The first-order valence-corrected chi connectivity index (χ1v) is 8.18. The van der Waals surface area contributed by atoms with E-state index in [9.17, 15) is 9.90 Å². The number of carbonyl (C=O) groups excluding carboxylic acids is 1. The van der Waals surface area contributed by atoms with Crippen LogP contribution in [-0.2, 0) is 9.53 Å². The molecule has 0 fully saturated rings. The summed E-state index contributed by atoms with van der Waals surface area (Å²) >= 11 is 12.3. The van der Waals surface area contributed by atoms with Gasteiger partial charge in [0, 0.05) is 22.4 Å². The number of hydrogen-bond acceptors (Lipinski definition) is 5. The summed E-state index contributed by atoms with van der Waals surface area (Å²) in [5.74, 6) is 0.356. The largest absolute Gasteiger partial charge is 0.507 e. The summed E-state index contributed by atoms with van der Waals surface area (Å²) in [6.45, 7) is 3.62. The van der Waals surface area contributed by atoms with Gasteiger partial charge in [-0.3, -0.25) is 4.79 Å². The van der Waals surface area contributed by atoms with Crippen LogP contribution in [0.4, 0.5) is 0 Å². The van der Waals surface area contributed by atoms with Crippen LogP contribution in [0.5, 0.6) is 0 Å². The molecule has 0 aliphatic carbocycles. The van der Waals surface area contributed by atoms with E-state index in [1.54, 1.807) is 24.3 Å². The highest BCUT2D eigenvalue weighted by Crippen LogP contribution is 2.18. The quantitative estimate of drug-likeness (QED) is 0.352. The fraction of sp³-hybridized carbons (Fsp3) is 0.333. The zero-order valence-corrected chi connectivity index (χ0v) is 14.2. The maximum atomic E-state index is 11.4. The van der Waals surface area contributed by atoms with Crippen LogP contribution in [0.25, 0.3) is 5.76 Å². The van der Waals surface area contributed by atoms with Gasteiger partial charge >= 0.3 is 5.97 Å². The Morgan fingerprint density at radius 3 is 2.62 bits per heavy atom. The fourth-order valence-electron chi connectivity index (χ4n) is 1.41. The van der Waals surface area contributed by atoms with Crippen molar-refractivity contribution in [1.82, 2.24) is 0 Å². The van der Waals surface area contributed by atoms with Crippen molar-refractivity contribution >= 4 is 51.5 Å². The lowest BCUT2D eigenvalue weighted by Gasteiger charge is -2.07. The first-order chi connectivity index (χ1) is 9.88. The molecule has 0 bridgehead atoms. The Labute approximate surface area is 139 Å². The number of rotatable bonds is 6. The molecule has 0 aliphatic rings. The van der Waals surface area contributed by atoms with E-state index in [2.05, 4.69) is 0 Å². The second-order valence-corrected chi connectivity index (χ2v) is 6.76. The van der Waals surface area contributed by atoms with Gasteiger partial charge in [-0.05, 0) is 38.1 Å². The molecule has 0 atom stereocenters. The molecule has 3 nitrogen and oxygen atoms in total. The number of carbonyl (C=O) groups is 1. The van der Waals surface area contributed by atoms with Crippen molar-refractivity contribution < 1.29 is 14.6 Å². The van der Waals surface area contributed by atoms with Crippen LogP contribution in [0.3, 0.4) is 0 Å². The van der Waals surface area contributed by atoms with Crippen LogP contribution < -0.4 is 0 Å². The minimum atomic E-state index is -0.244. The molecular formula is C15H17ClO3S2. The molecule has 0 heterocycles. The van der Waals surface area contributed by atoms with Gasteiger partial charge in [-0.25, -0.2) is 0 Å². The van der Waals surface area contributed by atoms with E-state index in [-0.39, 0.29) is 17.8 Å². The number of esters is 1. The molecule has 0 amide bonds. The van der Waals surface area contributed by atoms with Crippen LogP contribution >= 0.6 is 35.6 Å². The summed E-state index contributed by atoms with van der Waals surface area (Å²) in [5, 5.41) is 10.5. The Bertz CT molecular complexity index is 524. The molecular weight excluding hydrogens is 328 g/mol. The van der Waals surface area contributed by atoms with Gasteiger partial charge in [-0.1, -0.05) is 23.8 Å². The van der Waals surface area contributed by atoms with E-state index in [1.165, 1.54) is 17.8 Å². The summed E-state index contributed by atoms with van der Waals surface area (Å²) in [6, 6.07) is 6.81. The van der Waals surface area contributed by atoms with Crippen molar-refractivity contribution in [2.45, 2.75) is 26.4 Å². The molecule has 1 rings (SSSR count). The lowest BCUT2D eigenvalue weighted by Crippen LogP contribution is -2.12. The minimum Gasteiger partial charge on any atom is -0.507 e. The summed E-state index contributed by atoms with van der Waals surface area (Å²) in [5.41, 5.74) is 0.640. The average Bonchev–Trinajstić information content (AvgIpc) is 2.38. The van der Waals surface area contributed by atoms with Gasteiger partial charge in [-0.15, -0.1) is 11.8 Å². The number of thioether (sulfide) groups is 1. The molecule has 1 N–H and O–H groups in total. The average molecular weight is 345 g/mol. The highest BCUT2D eigenvalue weighted by Gasteiger charge is 2.07. The number of benzene rings is 1. The van der Waals surface area contributed by atoms with Crippen molar-refractivity contribution in [3.63, 3.8) is 0 Å². The highest BCUT2D eigenvalue weighted by atomic mass is 35.5. The Kier molecular flexibility index (Phi) is 7.78. The van der Waals surface area contributed by atoms with Crippen molar-refractivity contribution in [1.29, 1.82) is 0 Å². The van der Waals surface area contributed by atoms with Gasteiger partial charge in [0.15, 0.2) is 0 Å². The number of aliphatic hydroxyl groups is 1. The van der Waals surface area contributed by atoms with Crippen molar-refractivity contribution in [2.75, 3.05) is 5.75 Å². The minimum absolute atomic E-state index is 0.0777. The fourth-order valence-corrected chi connectivity index (χ4v) is 2.57. The van der Waals surface area contributed by atoms with Crippen molar-refractivity contribution in [3.05, 3.63) is 40.9 Å². The molecule has 0 unspecified atom stereocenters. The van der Waals surface area contributed by atoms with E-state index in [0.29, 0.717) is 27.0 Å². The molecule has 6 heteroatoms. The molecule has 0 saturated heterocycles. The van der Waals surface area contributed by atoms with Crippen LogP contribution in [-0.4, -0.2) is 27.1 Å². The lowest BCUT2D eigenvalue weighted by molar-refractivity contribution is -0.146. The molecule has 1 aromatic rings. The maximum absolute atomic E-state index is 11.4. The molecule has 0 aliphatic heterocycles. The lowest BCUT2D eigenvalue weighted by atomic mass is 10.2. The normalized spacial score (nSPS) is 11.5. The number of ether oxygens (including phenoxy) is 1. The Balaban J connectivity index is 2.43. The summed E-state index contributed by atoms with van der Waals surface area (Å²) in [6.07, 6.45) is 1.68. The van der Waals surface area contributed by atoms with Crippen LogP contribution in [0.1, 0.15) is 25.8 Å². The Morgan fingerprint density at radius 2 is 2.05 bits per heavy atom. The molecule has 0 radical (unpaired) electrons. The van der Waals surface area contributed by atoms with Gasteiger partial charge in [-0.2, -0.15) is 0 Å². The predicted molar refractivity (Wildman–Crippen MR) is 93.0 cm³/mol. The van der Waals surface area contributed by atoms with Gasteiger partial charge in [0.2, 0.25) is 0 Å². The molecule has 114 valence electrons. The predicted octanol–water partition coefficient (Wildman–Crippen LogP) is 4.64. The Hall–Kier alpha value is -1.04. The zero-order chi connectivity index (χ0) is 15.8. The second-order valence-electron chi connectivity index (χ2n) is 4.49. The van der Waals surface area contributed by atoms with E-state index >= 15 is 0 Å². The first kappa shape index (κ1) is 18.0. The molecule has 0 saturated carbocycles. The van der Waals surface area contributed by atoms with Gasteiger partial charge in [0.1, 0.15) is 5.76 Å². The molecule has 21 heavy (non-hydrogen) atoms. The number of halogens is 1. The van der Waals surface area contributed by atoms with Crippen molar-refractivity contribution in [3.8, 4) is 0 Å². The number of hydrogen-bond donors (Lipinski definition) is 1. The SMILES string of the molecule is CC(C)OC(=O)CCSC(=S)/C=C(/O)c1ccc(Cl)cc1. The maximum Gasteiger partial charge on any atom is 0.306 e. The van der Waals surface area contributed by atoms with Gasteiger partial charge in [0.25, 0.3) is 0 Å². The van der Waals surface area contributed by atoms with Crippen LogP contribution in [0.2, 0.25) is 5.02 Å². The topological polar surface area (TPSA) is 46.5 Å². The summed E-state index contributed by atoms with van der Waals surface area (Å²) in [4.78, 5) is 11.4. The third-order valence-corrected chi connectivity index (χ3v) is 3.85. The van der Waals surface area contributed by atoms with Crippen LogP contribution in [0, 0.1) is 0 Å². The third kappa shape index (κ3) is 7.50. The zero-order valence-electron chi connectivity index (χ0n) is 11.8. The van der Waals surface area contributed by atoms with E-state index in [1.807, 2.05) is 13.8 Å². The Morgan fingerprint density at radius 1 is 1.43 bits per heavy atom. The smallest absolute Gasteiger partial charge is 0.306 e. The van der Waals surface area contributed by atoms with E-state index in [4.69, 9.17) is 28.6 Å². The summed E-state index contributed by atoms with van der Waals surface area (Å²) in [7, 11) is 0. The van der Waals surface area contributed by atoms with Crippen LogP contribution in [0.15, 0.2) is 30.3 Å². The standard InChI is InChI=1S/C15H17ClO3S2/c1-10(2)19-14(18)7-8-21-15(20)9-13(17)11-3-5-12(16)6-4-11/h3-6,9-10,17H,7-8H2,1-2H3/b13-9+. The molecule has 0 spiro atoms. The van der Waals surface area contributed by atoms with E-state index < -0.39 is 0 Å². The van der Waals surface area contributed by atoms with Gasteiger partial charge in [0.05, 0.1) is 16.7 Å². The summed E-state index contributed by atoms with van der Waals surface area (Å²) < 4.78 is 5.53. The molecule has 0 aromatic heterocycles. The second kappa shape index (κ2) is 9.07. The third-order valence-electron chi connectivity index (χ3n) is 2.31. The van der Waals surface area contributed by atoms with E-state index in [0.717, 1.165) is 0 Å². The number of thiocarbonyl (C=S) groups is 1.